The van der Waals surface area contributed by atoms with E-state index >= 15 is 0 Å². The van der Waals surface area contributed by atoms with Crippen molar-refractivity contribution in [1.82, 2.24) is 26.2 Å². The molecule has 1 aromatic carbocycles. The van der Waals surface area contributed by atoms with Crippen LogP contribution in [0.4, 0.5) is 0 Å². The minimum Gasteiger partial charge on any atom is -0.481 e. The third-order valence-electron chi connectivity index (χ3n) is 13.8. The van der Waals surface area contributed by atoms with Gasteiger partial charge < -0.3 is 51.4 Å². The lowest BCUT2D eigenvalue weighted by molar-refractivity contribution is -0.199. The number of nitrogens with zero attached hydrogens (tertiary/aromatic N) is 1. The third kappa shape index (κ3) is 11.0. The van der Waals surface area contributed by atoms with Crippen molar-refractivity contribution in [3.8, 4) is 0 Å². The molecule has 17 nitrogen and oxygen atoms in total. The average molecular weight is 867 g/mol. The van der Waals surface area contributed by atoms with Crippen molar-refractivity contribution in [2.24, 2.45) is 34.8 Å². The summed E-state index contributed by atoms with van der Waals surface area (Å²) in [6.07, 6.45) is 2.48. The number of aryl methyl sites for hydroxylation is 2. The average Bonchev–Trinajstić information content (AvgIpc) is 3.83. The van der Waals surface area contributed by atoms with Crippen LogP contribution >= 0.6 is 0 Å². The zero-order valence-corrected chi connectivity index (χ0v) is 37.4. The highest BCUT2D eigenvalue weighted by atomic mass is 16.7. The Kier molecular flexibility index (Phi) is 15.5. The van der Waals surface area contributed by atoms with Crippen molar-refractivity contribution in [2.45, 2.75) is 161 Å². The normalized spacial score (nSPS) is 26.0. The molecule has 1 aromatic rings. The van der Waals surface area contributed by atoms with E-state index in [1.54, 1.807) is 27.7 Å². The Morgan fingerprint density at radius 2 is 1.56 bits per heavy atom. The molecule has 8 N–H and O–H groups in total. The lowest BCUT2D eigenvalue weighted by Gasteiger charge is -2.64. The van der Waals surface area contributed by atoms with E-state index in [9.17, 15) is 38.7 Å². The molecule has 2 heterocycles. The number of carboxylic acid groups (broad SMARTS) is 2. The Bertz CT molecular complexity index is 1860. The molecule has 0 unspecified atom stereocenters. The van der Waals surface area contributed by atoms with E-state index in [0.717, 1.165) is 24.0 Å². The molecule has 0 aromatic heterocycles. The van der Waals surface area contributed by atoms with Gasteiger partial charge in [-0.25, -0.2) is 0 Å². The molecule has 2 bridgehead atoms. The zero-order chi connectivity index (χ0) is 45.8. The van der Waals surface area contributed by atoms with Crippen LogP contribution in [0.1, 0.15) is 111 Å². The fraction of sp³-hybridized carbons (Fsp3) is 0.705. The number of aliphatic carboxylic acids is 2. The summed E-state index contributed by atoms with van der Waals surface area (Å²) >= 11 is 0. The van der Waals surface area contributed by atoms with Gasteiger partial charge >= 0.3 is 19.1 Å². The van der Waals surface area contributed by atoms with Crippen LogP contribution in [-0.2, 0) is 49.3 Å². The Labute approximate surface area is 364 Å². The van der Waals surface area contributed by atoms with Gasteiger partial charge in [0.2, 0.25) is 29.5 Å². The van der Waals surface area contributed by atoms with Gasteiger partial charge in [0.25, 0.3) is 0 Å². The summed E-state index contributed by atoms with van der Waals surface area (Å²) in [5, 5.41) is 29.3. The Morgan fingerprint density at radius 3 is 2.18 bits per heavy atom. The standard InChI is InChI=1S/C44H67BN6O11/c1-23(2)36(49-39(57)29(15-17-34(52)53)47-38(56)28(46)22-35(54)55)41(59)50-37(24(3)4)42(60)51-18-10-13-30(51)40(58)48-33(16-14-26-12-9-11-25(5)19-26)45-61-32-21-27-20-31(43(27,6)7)44(32,8)62-45/h9,11-12,19,23-24,27-33,36-37H,10,13-18,20-22,46H2,1-8H3,(H,47,56)(H,48,58)(H,49,57)(H,50,59)(H,52,53)(H,54,55)/t27-,28-,29-,30-,31+,32+,33-,36-,37-,44-/m0/s1. The number of hydrogen-bond acceptors (Lipinski definition) is 10. The molecule has 2 aliphatic heterocycles. The number of carboxylic acids is 2. The fourth-order valence-electron chi connectivity index (χ4n) is 9.94. The molecule has 3 aliphatic carbocycles. The summed E-state index contributed by atoms with van der Waals surface area (Å²) in [6.45, 7) is 15.9. The second-order valence-corrected chi connectivity index (χ2v) is 19.3. The zero-order valence-electron chi connectivity index (χ0n) is 37.4. The first kappa shape index (κ1) is 48.5. The first-order chi connectivity index (χ1) is 29.0. The Balaban J connectivity index is 1.28. The summed E-state index contributed by atoms with van der Waals surface area (Å²) in [5.41, 5.74) is 7.58. The summed E-state index contributed by atoms with van der Waals surface area (Å²) < 4.78 is 13.5. The molecule has 18 heteroatoms. The van der Waals surface area contributed by atoms with E-state index in [1.807, 2.05) is 19.1 Å². The van der Waals surface area contributed by atoms with E-state index in [2.05, 4.69) is 54.2 Å². The highest BCUT2D eigenvalue weighted by Crippen LogP contribution is 2.65. The molecule has 3 saturated carbocycles. The molecule has 6 rings (SSSR count). The van der Waals surface area contributed by atoms with Gasteiger partial charge in [0, 0.05) is 13.0 Å². The lowest BCUT2D eigenvalue weighted by atomic mass is 9.43. The van der Waals surface area contributed by atoms with Gasteiger partial charge in [0.05, 0.1) is 30.1 Å². The second kappa shape index (κ2) is 19.9. The molecule has 10 atom stereocenters. The van der Waals surface area contributed by atoms with Crippen LogP contribution in [0, 0.1) is 36.0 Å². The van der Waals surface area contributed by atoms with Crippen molar-refractivity contribution in [2.75, 3.05) is 6.54 Å². The summed E-state index contributed by atoms with van der Waals surface area (Å²) in [7, 11) is -0.677. The largest absolute Gasteiger partial charge is 0.481 e. The van der Waals surface area contributed by atoms with Gasteiger partial charge in [0.15, 0.2) is 0 Å². The predicted molar refractivity (Wildman–Crippen MR) is 229 cm³/mol. The van der Waals surface area contributed by atoms with Gasteiger partial charge in [-0.15, -0.1) is 0 Å². The maximum absolute atomic E-state index is 14.4. The maximum atomic E-state index is 14.4. The molecular formula is C44H67BN6O11. The van der Waals surface area contributed by atoms with Crippen molar-refractivity contribution in [3.63, 3.8) is 0 Å². The molecular weight excluding hydrogens is 799 g/mol. The molecule has 2 saturated heterocycles. The SMILES string of the molecule is Cc1cccc(CC[C@H](NC(=O)[C@@H]2CCCN2C(=O)[C@@H](NC(=O)[C@@H](NC(=O)[C@H](CCC(=O)O)NC(=O)[C@@H](N)CC(=O)O)C(C)C)C(C)C)B2O[C@@H]3C[C@@H]4C[C@H](C4(C)C)[C@]3(C)O2)c1. The van der Waals surface area contributed by atoms with Crippen LogP contribution in [0.25, 0.3) is 0 Å². The minimum atomic E-state index is -1.51. The van der Waals surface area contributed by atoms with E-state index in [4.69, 9.17) is 20.1 Å². The molecule has 5 fully saturated rings. The number of benzene rings is 1. The van der Waals surface area contributed by atoms with E-state index in [0.29, 0.717) is 37.5 Å². The first-order valence-electron chi connectivity index (χ1n) is 22.1. The monoisotopic (exact) mass is 866 g/mol. The molecule has 342 valence electrons. The van der Waals surface area contributed by atoms with Gasteiger partial charge in [-0.2, -0.15) is 0 Å². The van der Waals surface area contributed by atoms with Crippen molar-refractivity contribution in [3.05, 3.63) is 35.4 Å². The van der Waals surface area contributed by atoms with Crippen LogP contribution in [-0.4, -0.2) is 118 Å². The van der Waals surface area contributed by atoms with Crippen LogP contribution in [0.3, 0.4) is 0 Å². The second-order valence-electron chi connectivity index (χ2n) is 19.3. The number of carbonyl (C=O) groups is 7. The number of nitrogens with one attached hydrogen (secondary N) is 4. The van der Waals surface area contributed by atoms with Gasteiger partial charge in [-0.3, -0.25) is 33.6 Å². The predicted octanol–water partition coefficient (Wildman–Crippen LogP) is 2.10. The molecule has 0 radical (unpaired) electrons. The smallest absolute Gasteiger partial charge is 0.481 e. The van der Waals surface area contributed by atoms with Crippen LogP contribution < -0.4 is 27.0 Å². The topological polar surface area (TPSA) is 256 Å². The number of carbonyl (C=O) groups excluding carboxylic acids is 5. The first-order valence-corrected chi connectivity index (χ1v) is 22.1. The van der Waals surface area contributed by atoms with Crippen molar-refractivity contribution >= 4 is 48.6 Å². The van der Waals surface area contributed by atoms with Crippen LogP contribution in [0.5, 0.6) is 0 Å². The van der Waals surface area contributed by atoms with Crippen molar-refractivity contribution in [1.29, 1.82) is 0 Å². The van der Waals surface area contributed by atoms with E-state index in [1.165, 1.54) is 4.90 Å². The molecule has 0 spiro atoms. The summed E-state index contributed by atoms with van der Waals surface area (Å²) in [6, 6.07) is 2.14. The van der Waals surface area contributed by atoms with Crippen LogP contribution in [0.2, 0.25) is 0 Å². The lowest BCUT2D eigenvalue weighted by Crippen LogP contribution is -2.65. The highest BCUT2D eigenvalue weighted by Gasteiger charge is 2.68. The van der Waals surface area contributed by atoms with Crippen molar-refractivity contribution < 1.29 is 53.1 Å². The minimum absolute atomic E-state index is 0.0847. The molecule has 5 amide bonds. The fourth-order valence-corrected chi connectivity index (χ4v) is 9.94. The number of nitrogens with two attached hydrogens (primary N) is 1. The Hall–Kier alpha value is -4.55. The Morgan fingerprint density at radius 1 is 0.887 bits per heavy atom. The van der Waals surface area contributed by atoms with Gasteiger partial charge in [0.1, 0.15) is 24.2 Å². The van der Waals surface area contributed by atoms with Gasteiger partial charge in [-0.05, 0) is 93.4 Å². The number of rotatable bonds is 20. The summed E-state index contributed by atoms with van der Waals surface area (Å²) in [4.78, 5) is 92.8. The van der Waals surface area contributed by atoms with E-state index in [-0.39, 0.29) is 30.4 Å². The number of hydrogen-bond donors (Lipinski definition) is 7. The van der Waals surface area contributed by atoms with E-state index < -0.39 is 109 Å². The van der Waals surface area contributed by atoms with Crippen LogP contribution in [0.15, 0.2) is 24.3 Å². The molecule has 5 aliphatic rings. The third-order valence-corrected chi connectivity index (χ3v) is 13.8. The summed E-state index contributed by atoms with van der Waals surface area (Å²) in [5.74, 6) is -6.52. The maximum Gasteiger partial charge on any atom is 0.481 e. The quantitative estimate of drug-likeness (QED) is 0.0931. The number of likely N-dealkylation sites (tertiary alicyclic amines) is 1. The van der Waals surface area contributed by atoms with Gasteiger partial charge in [-0.1, -0.05) is 71.4 Å². The number of amides is 5. The highest BCUT2D eigenvalue weighted by molar-refractivity contribution is 6.48. The molecule has 62 heavy (non-hydrogen) atoms.